The van der Waals surface area contributed by atoms with E-state index in [-0.39, 0.29) is 0 Å². The first kappa shape index (κ1) is 26.1. The lowest BCUT2D eigenvalue weighted by atomic mass is 9.85. The predicted octanol–water partition coefficient (Wildman–Crippen LogP) is 13.2. The van der Waals surface area contributed by atoms with Gasteiger partial charge in [0, 0.05) is 10.8 Å². The molecular formula is C46H28O. The van der Waals surface area contributed by atoms with Crippen molar-refractivity contribution in [2.75, 3.05) is 0 Å². The summed E-state index contributed by atoms with van der Waals surface area (Å²) < 4.78 is 6.12. The lowest BCUT2D eigenvalue weighted by molar-refractivity contribution is 0.669. The van der Waals surface area contributed by atoms with Gasteiger partial charge in [0.25, 0.3) is 0 Å². The average molecular weight is 597 g/mol. The molecule has 0 amide bonds. The summed E-state index contributed by atoms with van der Waals surface area (Å²) in [5.41, 5.74) is 9.21. The standard InChI is InChI=1S/C46H28O/c1-2-13-35-29(10-1)20-21-32-27-34(22-24-36(32)35)46-40-17-5-3-15-38(40)45(39-16-4-6-18-41(39)46)33-12-9-11-30(26-33)31-23-25-44-42(28-31)37-14-7-8-19-43(37)47-44/h1-28H. The second-order valence-electron chi connectivity index (χ2n) is 12.5. The van der Waals surface area contributed by atoms with Crippen molar-refractivity contribution < 1.29 is 4.42 Å². The van der Waals surface area contributed by atoms with Gasteiger partial charge in [-0.3, -0.25) is 0 Å². The van der Waals surface area contributed by atoms with Gasteiger partial charge in [0.15, 0.2) is 0 Å². The summed E-state index contributed by atoms with van der Waals surface area (Å²) in [6.07, 6.45) is 0. The van der Waals surface area contributed by atoms with Gasteiger partial charge in [-0.15, -0.1) is 0 Å². The Labute approximate surface area is 271 Å². The van der Waals surface area contributed by atoms with E-state index in [0.29, 0.717) is 0 Å². The van der Waals surface area contributed by atoms with Crippen molar-refractivity contribution in [2.45, 2.75) is 0 Å². The first-order chi connectivity index (χ1) is 23.3. The normalized spacial score (nSPS) is 11.8. The number of benzene rings is 9. The van der Waals surface area contributed by atoms with E-state index in [1.807, 2.05) is 12.1 Å². The molecule has 0 unspecified atom stereocenters. The van der Waals surface area contributed by atoms with Crippen molar-refractivity contribution >= 4 is 65.0 Å². The van der Waals surface area contributed by atoms with Crippen molar-refractivity contribution in [1.29, 1.82) is 0 Å². The van der Waals surface area contributed by atoms with Crippen LogP contribution in [0, 0.1) is 0 Å². The Morgan fingerprint density at radius 1 is 0.255 bits per heavy atom. The fourth-order valence-corrected chi connectivity index (χ4v) is 7.68. The van der Waals surface area contributed by atoms with E-state index in [2.05, 4.69) is 158 Å². The minimum atomic E-state index is 0.917. The molecule has 0 aliphatic rings. The molecule has 10 rings (SSSR count). The van der Waals surface area contributed by atoms with Gasteiger partial charge >= 0.3 is 0 Å². The van der Waals surface area contributed by atoms with Crippen molar-refractivity contribution in [3.05, 3.63) is 170 Å². The number of para-hydroxylation sites is 1. The summed E-state index contributed by atoms with van der Waals surface area (Å²) in [6, 6.07) is 61.7. The maximum absolute atomic E-state index is 6.12. The van der Waals surface area contributed by atoms with Crippen molar-refractivity contribution in [2.24, 2.45) is 0 Å². The van der Waals surface area contributed by atoms with Gasteiger partial charge in [0.05, 0.1) is 0 Å². The Morgan fingerprint density at radius 3 is 1.51 bits per heavy atom. The Balaban J connectivity index is 1.19. The average Bonchev–Trinajstić information content (AvgIpc) is 3.51. The van der Waals surface area contributed by atoms with Crippen LogP contribution in [0.4, 0.5) is 0 Å². The van der Waals surface area contributed by atoms with Crippen LogP contribution in [0.5, 0.6) is 0 Å². The summed E-state index contributed by atoms with van der Waals surface area (Å²) in [7, 11) is 0. The molecule has 0 radical (unpaired) electrons. The molecule has 0 spiro atoms. The van der Waals surface area contributed by atoms with Crippen LogP contribution in [0.15, 0.2) is 174 Å². The molecule has 0 fully saturated rings. The number of hydrogen-bond donors (Lipinski definition) is 0. The minimum absolute atomic E-state index is 0.917. The highest BCUT2D eigenvalue weighted by Crippen LogP contribution is 2.45. The molecule has 1 heteroatoms. The number of furan rings is 1. The van der Waals surface area contributed by atoms with Crippen LogP contribution in [-0.4, -0.2) is 0 Å². The Bertz CT molecular complexity index is 2800. The maximum atomic E-state index is 6.12. The topological polar surface area (TPSA) is 13.1 Å². The molecule has 47 heavy (non-hydrogen) atoms. The largest absolute Gasteiger partial charge is 0.456 e. The van der Waals surface area contributed by atoms with Crippen LogP contribution >= 0.6 is 0 Å². The van der Waals surface area contributed by atoms with E-state index in [9.17, 15) is 0 Å². The highest BCUT2D eigenvalue weighted by molar-refractivity contribution is 6.22. The Hall–Kier alpha value is -6.18. The molecule has 0 atom stereocenters. The lowest BCUT2D eigenvalue weighted by Crippen LogP contribution is -1.91. The molecule has 9 aromatic carbocycles. The van der Waals surface area contributed by atoms with Crippen LogP contribution in [0.3, 0.4) is 0 Å². The van der Waals surface area contributed by atoms with Crippen molar-refractivity contribution in [3.63, 3.8) is 0 Å². The van der Waals surface area contributed by atoms with Gasteiger partial charge in [-0.25, -0.2) is 0 Å². The SMILES string of the molecule is c1cc(-c2ccc3oc4ccccc4c3c2)cc(-c2c3ccccc3c(-c3ccc4c(ccc5ccccc54)c3)c3ccccc23)c1. The zero-order valence-electron chi connectivity index (χ0n) is 25.6. The zero-order chi connectivity index (χ0) is 30.9. The number of fused-ring (bicyclic) bond motifs is 8. The molecule has 10 aromatic rings. The maximum Gasteiger partial charge on any atom is 0.135 e. The molecular weight excluding hydrogens is 569 g/mol. The third-order valence-electron chi connectivity index (χ3n) is 9.83. The smallest absolute Gasteiger partial charge is 0.135 e. The van der Waals surface area contributed by atoms with E-state index >= 15 is 0 Å². The minimum Gasteiger partial charge on any atom is -0.456 e. The van der Waals surface area contributed by atoms with E-state index < -0.39 is 0 Å². The molecule has 0 aliphatic carbocycles. The first-order valence-electron chi connectivity index (χ1n) is 16.2. The fourth-order valence-electron chi connectivity index (χ4n) is 7.68. The van der Waals surface area contributed by atoms with Gasteiger partial charge in [-0.2, -0.15) is 0 Å². The third-order valence-corrected chi connectivity index (χ3v) is 9.83. The van der Waals surface area contributed by atoms with Crippen LogP contribution < -0.4 is 0 Å². The highest BCUT2D eigenvalue weighted by atomic mass is 16.3. The fraction of sp³-hybridized carbons (Fsp3) is 0. The lowest BCUT2D eigenvalue weighted by Gasteiger charge is -2.18. The zero-order valence-corrected chi connectivity index (χ0v) is 25.6. The highest BCUT2D eigenvalue weighted by Gasteiger charge is 2.18. The van der Waals surface area contributed by atoms with Gasteiger partial charge in [-0.1, -0.05) is 140 Å². The summed E-state index contributed by atoms with van der Waals surface area (Å²) in [4.78, 5) is 0. The Morgan fingerprint density at radius 2 is 0.766 bits per heavy atom. The van der Waals surface area contributed by atoms with Gasteiger partial charge in [0.1, 0.15) is 11.2 Å². The quantitative estimate of drug-likeness (QED) is 0.146. The molecule has 0 N–H and O–H groups in total. The van der Waals surface area contributed by atoms with E-state index in [1.165, 1.54) is 76.5 Å². The van der Waals surface area contributed by atoms with E-state index in [0.717, 1.165) is 21.9 Å². The predicted molar refractivity (Wildman–Crippen MR) is 200 cm³/mol. The van der Waals surface area contributed by atoms with Crippen LogP contribution in [0.1, 0.15) is 0 Å². The van der Waals surface area contributed by atoms with Crippen molar-refractivity contribution in [1.82, 2.24) is 0 Å². The Kier molecular flexibility index (Phi) is 5.64. The van der Waals surface area contributed by atoms with Crippen LogP contribution in [-0.2, 0) is 0 Å². The molecule has 1 nitrogen and oxygen atoms in total. The van der Waals surface area contributed by atoms with E-state index in [1.54, 1.807) is 0 Å². The molecule has 0 saturated carbocycles. The number of rotatable bonds is 3. The number of hydrogen-bond acceptors (Lipinski definition) is 1. The molecule has 0 aliphatic heterocycles. The van der Waals surface area contributed by atoms with Crippen LogP contribution in [0.2, 0.25) is 0 Å². The second-order valence-corrected chi connectivity index (χ2v) is 12.5. The van der Waals surface area contributed by atoms with Crippen molar-refractivity contribution in [3.8, 4) is 33.4 Å². The van der Waals surface area contributed by atoms with Crippen LogP contribution in [0.25, 0.3) is 98.4 Å². The summed E-state index contributed by atoms with van der Waals surface area (Å²) >= 11 is 0. The monoisotopic (exact) mass is 596 g/mol. The molecule has 0 saturated heterocycles. The third kappa shape index (κ3) is 4.03. The molecule has 218 valence electrons. The van der Waals surface area contributed by atoms with E-state index in [4.69, 9.17) is 4.42 Å². The summed E-state index contributed by atoms with van der Waals surface area (Å²) in [6.45, 7) is 0. The second kappa shape index (κ2) is 10.2. The first-order valence-corrected chi connectivity index (χ1v) is 16.2. The molecule has 1 heterocycles. The van der Waals surface area contributed by atoms with Gasteiger partial charge in [-0.05, 0) is 107 Å². The molecule has 0 bridgehead atoms. The summed E-state index contributed by atoms with van der Waals surface area (Å²) in [5, 5.41) is 12.4. The molecule has 1 aromatic heterocycles. The van der Waals surface area contributed by atoms with Gasteiger partial charge < -0.3 is 4.42 Å². The summed E-state index contributed by atoms with van der Waals surface area (Å²) in [5.74, 6) is 0. The van der Waals surface area contributed by atoms with Gasteiger partial charge in [0.2, 0.25) is 0 Å².